The van der Waals surface area contributed by atoms with E-state index in [1.807, 2.05) is 0 Å². The van der Waals surface area contributed by atoms with Crippen LogP contribution >= 0.6 is 0 Å². The highest BCUT2D eigenvalue weighted by Crippen LogP contribution is 2.28. The van der Waals surface area contributed by atoms with Crippen LogP contribution in [-0.2, 0) is 11.8 Å². The fourth-order valence-corrected chi connectivity index (χ4v) is 3.75. The topological polar surface area (TPSA) is 9.23 Å². The molecule has 1 atom stereocenters. The standard InChI is InChI=1S/C27H40O/c1-6-8-9-12-22(7-2)13-10-14-23-15-11-16-26(21-23)28-25-19-17-24(18-20-25)27(3,4)5/h11,15-22H,6-10,12-14H2,1-5H3. The highest BCUT2D eigenvalue weighted by molar-refractivity contribution is 5.36. The molecule has 0 bridgehead atoms. The van der Waals surface area contributed by atoms with Crippen LogP contribution in [0, 0.1) is 5.92 Å². The van der Waals surface area contributed by atoms with Crippen molar-refractivity contribution >= 4 is 0 Å². The van der Waals surface area contributed by atoms with Crippen LogP contribution in [0.25, 0.3) is 0 Å². The largest absolute Gasteiger partial charge is 0.457 e. The monoisotopic (exact) mass is 380 g/mol. The molecule has 154 valence electrons. The maximum Gasteiger partial charge on any atom is 0.127 e. The first-order chi connectivity index (χ1) is 13.4. The van der Waals surface area contributed by atoms with Crippen LogP contribution < -0.4 is 4.74 Å². The van der Waals surface area contributed by atoms with Crippen LogP contribution in [0.2, 0.25) is 0 Å². The Balaban J connectivity index is 1.86. The molecule has 28 heavy (non-hydrogen) atoms. The fourth-order valence-electron chi connectivity index (χ4n) is 3.75. The van der Waals surface area contributed by atoms with Gasteiger partial charge in [0.25, 0.3) is 0 Å². The lowest BCUT2D eigenvalue weighted by Gasteiger charge is -2.19. The van der Waals surface area contributed by atoms with Gasteiger partial charge in [0, 0.05) is 0 Å². The first-order valence-corrected chi connectivity index (χ1v) is 11.3. The molecule has 2 rings (SSSR count). The summed E-state index contributed by atoms with van der Waals surface area (Å²) in [5.74, 6) is 2.75. The minimum atomic E-state index is 0.172. The Morgan fingerprint density at radius 2 is 1.54 bits per heavy atom. The van der Waals surface area contributed by atoms with Crippen molar-refractivity contribution in [3.8, 4) is 11.5 Å². The highest BCUT2D eigenvalue weighted by atomic mass is 16.5. The molecule has 0 aliphatic heterocycles. The van der Waals surface area contributed by atoms with Crippen LogP contribution in [-0.4, -0.2) is 0 Å². The third-order valence-electron chi connectivity index (χ3n) is 5.73. The average Bonchev–Trinajstić information content (AvgIpc) is 2.67. The Labute approximate surface area is 173 Å². The lowest BCUT2D eigenvalue weighted by Crippen LogP contribution is -2.10. The van der Waals surface area contributed by atoms with Gasteiger partial charge in [0.1, 0.15) is 11.5 Å². The van der Waals surface area contributed by atoms with Crippen molar-refractivity contribution in [1.82, 2.24) is 0 Å². The molecule has 2 aromatic rings. The summed E-state index contributed by atoms with van der Waals surface area (Å²) in [6, 6.07) is 17.1. The van der Waals surface area contributed by atoms with Crippen molar-refractivity contribution in [2.75, 3.05) is 0 Å². The molecule has 0 aliphatic rings. The third kappa shape index (κ3) is 7.70. The number of benzene rings is 2. The summed E-state index contributed by atoms with van der Waals surface area (Å²) in [6.07, 6.45) is 10.6. The Bertz CT molecular complexity index is 678. The predicted octanol–water partition coefficient (Wildman–Crippen LogP) is 8.71. The van der Waals surface area contributed by atoms with Crippen LogP contribution in [0.3, 0.4) is 0 Å². The molecule has 1 unspecified atom stereocenters. The third-order valence-corrected chi connectivity index (χ3v) is 5.73. The second-order valence-electron chi connectivity index (χ2n) is 9.19. The van der Waals surface area contributed by atoms with Crippen molar-refractivity contribution < 1.29 is 4.74 Å². The van der Waals surface area contributed by atoms with E-state index in [0.717, 1.165) is 23.8 Å². The summed E-state index contributed by atoms with van der Waals surface area (Å²) in [5, 5.41) is 0. The van der Waals surface area contributed by atoms with E-state index < -0.39 is 0 Å². The van der Waals surface area contributed by atoms with Crippen molar-refractivity contribution in [1.29, 1.82) is 0 Å². The Morgan fingerprint density at radius 3 is 2.18 bits per heavy atom. The number of ether oxygens (including phenoxy) is 1. The average molecular weight is 381 g/mol. The zero-order chi connectivity index (χ0) is 20.4. The van der Waals surface area contributed by atoms with Crippen LogP contribution in [0.1, 0.15) is 90.7 Å². The van der Waals surface area contributed by atoms with Crippen LogP contribution in [0.15, 0.2) is 48.5 Å². The minimum Gasteiger partial charge on any atom is -0.457 e. The van der Waals surface area contributed by atoms with E-state index in [1.54, 1.807) is 0 Å². The normalized spacial score (nSPS) is 12.8. The second-order valence-corrected chi connectivity index (χ2v) is 9.19. The van der Waals surface area contributed by atoms with Crippen molar-refractivity contribution in [3.05, 3.63) is 59.7 Å². The maximum absolute atomic E-state index is 6.10. The summed E-state index contributed by atoms with van der Waals surface area (Å²) in [4.78, 5) is 0. The van der Waals surface area contributed by atoms with Gasteiger partial charge in [-0.3, -0.25) is 0 Å². The lowest BCUT2D eigenvalue weighted by atomic mass is 9.87. The Morgan fingerprint density at radius 1 is 0.821 bits per heavy atom. The van der Waals surface area contributed by atoms with Gasteiger partial charge in [-0.2, -0.15) is 0 Å². The highest BCUT2D eigenvalue weighted by Gasteiger charge is 2.13. The van der Waals surface area contributed by atoms with Gasteiger partial charge in [-0.25, -0.2) is 0 Å². The van der Waals surface area contributed by atoms with E-state index in [4.69, 9.17) is 4.74 Å². The molecule has 0 fully saturated rings. The summed E-state index contributed by atoms with van der Waals surface area (Å²) in [7, 11) is 0. The fraction of sp³-hybridized carbons (Fsp3) is 0.556. The first kappa shape index (κ1) is 22.5. The first-order valence-electron chi connectivity index (χ1n) is 11.3. The smallest absolute Gasteiger partial charge is 0.127 e. The maximum atomic E-state index is 6.10. The van der Waals surface area contributed by atoms with Gasteiger partial charge in [0.2, 0.25) is 0 Å². The summed E-state index contributed by atoms with van der Waals surface area (Å²) in [5.41, 5.74) is 2.89. The van der Waals surface area contributed by atoms with E-state index in [1.165, 1.54) is 56.1 Å². The van der Waals surface area contributed by atoms with E-state index in [9.17, 15) is 0 Å². The van der Waals surface area contributed by atoms with Crippen molar-refractivity contribution in [2.45, 2.75) is 91.4 Å². The number of hydrogen-bond acceptors (Lipinski definition) is 1. The molecular formula is C27H40O. The van der Waals surface area contributed by atoms with Gasteiger partial charge in [-0.05, 0) is 59.6 Å². The zero-order valence-electron chi connectivity index (χ0n) is 18.8. The van der Waals surface area contributed by atoms with E-state index in [2.05, 4.69) is 83.1 Å². The molecule has 0 spiro atoms. The van der Waals surface area contributed by atoms with E-state index in [0.29, 0.717) is 0 Å². The van der Waals surface area contributed by atoms with Gasteiger partial charge in [0.15, 0.2) is 0 Å². The molecule has 0 radical (unpaired) electrons. The van der Waals surface area contributed by atoms with Crippen LogP contribution in [0.4, 0.5) is 0 Å². The van der Waals surface area contributed by atoms with Gasteiger partial charge in [0.05, 0.1) is 0 Å². The summed E-state index contributed by atoms with van der Waals surface area (Å²) in [6.45, 7) is 11.3. The number of hydrogen-bond donors (Lipinski definition) is 0. The molecular weight excluding hydrogens is 340 g/mol. The quantitative estimate of drug-likeness (QED) is 0.354. The minimum absolute atomic E-state index is 0.172. The molecule has 1 nitrogen and oxygen atoms in total. The lowest BCUT2D eigenvalue weighted by molar-refractivity contribution is 0.405. The summed E-state index contributed by atoms with van der Waals surface area (Å²) < 4.78 is 6.10. The van der Waals surface area contributed by atoms with Gasteiger partial charge in [-0.1, -0.05) is 97.4 Å². The van der Waals surface area contributed by atoms with Gasteiger partial charge < -0.3 is 4.74 Å². The van der Waals surface area contributed by atoms with Crippen LogP contribution in [0.5, 0.6) is 11.5 Å². The van der Waals surface area contributed by atoms with E-state index >= 15 is 0 Å². The number of aryl methyl sites for hydroxylation is 1. The molecule has 1 heteroatoms. The zero-order valence-corrected chi connectivity index (χ0v) is 18.8. The Kier molecular flexibility index (Phi) is 9.09. The molecule has 0 saturated carbocycles. The molecule has 0 aromatic heterocycles. The molecule has 0 amide bonds. The predicted molar refractivity (Wildman–Crippen MR) is 123 cm³/mol. The number of rotatable bonds is 11. The number of unbranched alkanes of at least 4 members (excludes halogenated alkanes) is 2. The van der Waals surface area contributed by atoms with E-state index in [-0.39, 0.29) is 5.41 Å². The van der Waals surface area contributed by atoms with Crippen molar-refractivity contribution in [2.24, 2.45) is 5.92 Å². The molecule has 0 heterocycles. The Hall–Kier alpha value is -1.76. The molecule has 0 saturated heterocycles. The SMILES string of the molecule is CCCCCC(CC)CCCc1cccc(Oc2ccc(C(C)(C)C)cc2)c1. The summed E-state index contributed by atoms with van der Waals surface area (Å²) >= 11 is 0. The molecule has 0 N–H and O–H groups in total. The molecule has 0 aliphatic carbocycles. The molecule has 2 aromatic carbocycles. The van der Waals surface area contributed by atoms with Crippen molar-refractivity contribution in [3.63, 3.8) is 0 Å². The van der Waals surface area contributed by atoms with Gasteiger partial charge in [-0.15, -0.1) is 0 Å². The second kappa shape index (κ2) is 11.3. The van der Waals surface area contributed by atoms with Gasteiger partial charge >= 0.3 is 0 Å².